The lowest BCUT2D eigenvalue weighted by Crippen LogP contribution is -2.13. The second kappa shape index (κ2) is 5.79. The fourth-order valence-electron chi connectivity index (χ4n) is 2.03. The molecule has 0 radical (unpaired) electrons. The number of carbonyl (C=O) groups excluding carboxylic acids is 1. The van der Waals surface area contributed by atoms with Crippen LogP contribution in [-0.2, 0) is 0 Å². The van der Waals surface area contributed by atoms with Crippen LogP contribution in [0.2, 0.25) is 10.0 Å². The van der Waals surface area contributed by atoms with E-state index in [1.807, 2.05) is 30.3 Å². The van der Waals surface area contributed by atoms with Crippen molar-refractivity contribution in [3.05, 3.63) is 64.4 Å². The minimum absolute atomic E-state index is 0.0741. The largest absolute Gasteiger partial charge is 0.363 e. The van der Waals surface area contributed by atoms with Crippen molar-refractivity contribution in [1.29, 1.82) is 0 Å². The number of nitrogens with zero attached hydrogens (tertiary/aromatic N) is 3. The average molecular weight is 333 g/mol. The summed E-state index contributed by atoms with van der Waals surface area (Å²) < 4.78 is 1.49. The monoisotopic (exact) mass is 332 g/mol. The van der Waals surface area contributed by atoms with Gasteiger partial charge in [0, 0.05) is 15.6 Å². The number of halogens is 2. The van der Waals surface area contributed by atoms with Gasteiger partial charge in [-0.15, -0.1) is 5.10 Å². The van der Waals surface area contributed by atoms with Crippen molar-refractivity contribution < 1.29 is 4.79 Å². The van der Waals surface area contributed by atoms with Gasteiger partial charge in [-0.05, 0) is 18.2 Å². The SMILES string of the molecule is NC(=O)c1nc(-c2ccccc2)n(-c2cc(Cl)cc(Cl)c2)n1. The van der Waals surface area contributed by atoms with Crippen molar-refractivity contribution in [3.8, 4) is 17.1 Å². The molecule has 2 N–H and O–H groups in total. The normalized spacial score (nSPS) is 10.6. The molecule has 0 atom stereocenters. The second-order valence-corrected chi connectivity index (χ2v) is 5.40. The van der Waals surface area contributed by atoms with Gasteiger partial charge < -0.3 is 5.73 Å². The highest BCUT2D eigenvalue weighted by molar-refractivity contribution is 6.34. The molecule has 110 valence electrons. The lowest BCUT2D eigenvalue weighted by molar-refractivity contribution is 0.0990. The van der Waals surface area contributed by atoms with Gasteiger partial charge in [-0.1, -0.05) is 53.5 Å². The highest BCUT2D eigenvalue weighted by Gasteiger charge is 2.17. The zero-order valence-corrected chi connectivity index (χ0v) is 12.7. The van der Waals surface area contributed by atoms with Crippen molar-refractivity contribution in [2.45, 2.75) is 0 Å². The number of benzene rings is 2. The maximum Gasteiger partial charge on any atom is 0.288 e. The molecule has 1 heterocycles. The molecule has 7 heteroatoms. The fourth-order valence-corrected chi connectivity index (χ4v) is 2.55. The Labute approximate surface area is 136 Å². The summed E-state index contributed by atoms with van der Waals surface area (Å²) in [6, 6.07) is 14.3. The van der Waals surface area contributed by atoms with Crippen LogP contribution in [0.3, 0.4) is 0 Å². The zero-order valence-electron chi connectivity index (χ0n) is 11.2. The van der Waals surface area contributed by atoms with E-state index in [1.165, 1.54) is 4.68 Å². The molecular formula is C15H10Cl2N4O. The average Bonchev–Trinajstić information content (AvgIpc) is 2.92. The van der Waals surface area contributed by atoms with Gasteiger partial charge in [0.1, 0.15) is 0 Å². The molecule has 3 rings (SSSR count). The van der Waals surface area contributed by atoms with E-state index in [-0.39, 0.29) is 5.82 Å². The van der Waals surface area contributed by atoms with E-state index in [4.69, 9.17) is 28.9 Å². The highest BCUT2D eigenvalue weighted by atomic mass is 35.5. The molecule has 0 saturated heterocycles. The molecule has 2 aromatic carbocycles. The zero-order chi connectivity index (χ0) is 15.7. The van der Waals surface area contributed by atoms with E-state index in [9.17, 15) is 4.79 Å². The Morgan fingerprint density at radius 3 is 2.27 bits per heavy atom. The quantitative estimate of drug-likeness (QED) is 0.799. The van der Waals surface area contributed by atoms with E-state index in [2.05, 4.69) is 10.1 Å². The predicted molar refractivity (Wildman–Crippen MR) is 85.3 cm³/mol. The summed E-state index contributed by atoms with van der Waals surface area (Å²) in [5.74, 6) is -0.299. The van der Waals surface area contributed by atoms with E-state index in [0.29, 0.717) is 21.6 Å². The Balaban J connectivity index is 2.23. The molecule has 0 spiro atoms. The standard InChI is InChI=1S/C15H10Cl2N4O/c16-10-6-11(17)8-12(7-10)21-15(9-4-2-1-3-5-9)19-14(20-21)13(18)22/h1-8H,(H2,18,22). The Morgan fingerprint density at radius 2 is 1.68 bits per heavy atom. The lowest BCUT2D eigenvalue weighted by atomic mass is 10.2. The predicted octanol–water partition coefficient (Wildman–Crippen LogP) is 3.34. The third kappa shape index (κ3) is 2.81. The summed E-state index contributed by atoms with van der Waals surface area (Å²) in [4.78, 5) is 15.6. The topological polar surface area (TPSA) is 73.8 Å². The lowest BCUT2D eigenvalue weighted by Gasteiger charge is -2.07. The number of hydrogen-bond acceptors (Lipinski definition) is 3. The van der Waals surface area contributed by atoms with Gasteiger partial charge in [-0.25, -0.2) is 9.67 Å². The molecule has 0 aliphatic carbocycles. The minimum atomic E-state index is -0.705. The van der Waals surface area contributed by atoms with Gasteiger partial charge in [0.05, 0.1) is 5.69 Å². The van der Waals surface area contributed by atoms with Crippen LogP contribution in [0, 0.1) is 0 Å². The first-order valence-corrected chi connectivity index (χ1v) is 7.09. The van der Waals surface area contributed by atoms with Gasteiger partial charge in [-0.3, -0.25) is 4.79 Å². The number of rotatable bonds is 3. The molecular weight excluding hydrogens is 323 g/mol. The molecule has 3 aromatic rings. The maximum atomic E-state index is 11.4. The van der Waals surface area contributed by atoms with Crippen molar-refractivity contribution in [2.24, 2.45) is 5.73 Å². The van der Waals surface area contributed by atoms with Crippen molar-refractivity contribution >= 4 is 29.1 Å². The summed E-state index contributed by atoms with van der Waals surface area (Å²) in [5.41, 5.74) is 6.67. The Hall–Kier alpha value is -2.37. The first-order valence-electron chi connectivity index (χ1n) is 6.33. The van der Waals surface area contributed by atoms with Gasteiger partial charge in [-0.2, -0.15) is 0 Å². The molecule has 0 unspecified atom stereocenters. The van der Waals surface area contributed by atoms with E-state index in [0.717, 1.165) is 5.56 Å². The number of carbonyl (C=O) groups is 1. The second-order valence-electron chi connectivity index (χ2n) is 4.53. The van der Waals surface area contributed by atoms with Gasteiger partial charge in [0.2, 0.25) is 5.82 Å². The van der Waals surface area contributed by atoms with Gasteiger partial charge >= 0.3 is 0 Å². The maximum absolute atomic E-state index is 11.4. The minimum Gasteiger partial charge on any atom is -0.363 e. The fraction of sp³-hybridized carbons (Fsp3) is 0. The van der Waals surface area contributed by atoms with Crippen LogP contribution in [0.1, 0.15) is 10.6 Å². The van der Waals surface area contributed by atoms with Crippen LogP contribution in [0.4, 0.5) is 0 Å². The van der Waals surface area contributed by atoms with Crippen LogP contribution in [0.5, 0.6) is 0 Å². The summed E-state index contributed by atoms with van der Waals surface area (Å²) in [6.07, 6.45) is 0. The molecule has 1 aromatic heterocycles. The van der Waals surface area contributed by atoms with E-state index < -0.39 is 5.91 Å². The number of primary amides is 1. The Kier molecular flexibility index (Phi) is 3.83. The molecule has 22 heavy (non-hydrogen) atoms. The Bertz CT molecular complexity index is 826. The first kappa shape index (κ1) is 14.6. The number of nitrogens with two attached hydrogens (primary N) is 1. The third-order valence-electron chi connectivity index (χ3n) is 2.95. The molecule has 0 saturated carbocycles. The molecule has 0 aliphatic heterocycles. The molecule has 5 nitrogen and oxygen atoms in total. The molecule has 0 aliphatic rings. The molecule has 1 amide bonds. The van der Waals surface area contributed by atoms with Crippen LogP contribution < -0.4 is 5.73 Å². The Morgan fingerprint density at radius 1 is 1.05 bits per heavy atom. The van der Waals surface area contributed by atoms with Crippen molar-refractivity contribution in [2.75, 3.05) is 0 Å². The number of aromatic nitrogens is 3. The summed E-state index contributed by atoms with van der Waals surface area (Å²) in [7, 11) is 0. The molecule has 0 bridgehead atoms. The smallest absolute Gasteiger partial charge is 0.288 e. The van der Waals surface area contributed by atoms with Crippen LogP contribution in [-0.4, -0.2) is 20.7 Å². The number of amides is 1. The van der Waals surface area contributed by atoms with Gasteiger partial charge in [0.15, 0.2) is 5.82 Å². The van der Waals surface area contributed by atoms with Crippen LogP contribution >= 0.6 is 23.2 Å². The summed E-state index contributed by atoms with van der Waals surface area (Å²) >= 11 is 12.1. The first-order chi connectivity index (χ1) is 10.5. The van der Waals surface area contributed by atoms with Crippen LogP contribution in [0.15, 0.2) is 48.5 Å². The van der Waals surface area contributed by atoms with Crippen molar-refractivity contribution in [3.63, 3.8) is 0 Å². The molecule has 0 fully saturated rings. The van der Waals surface area contributed by atoms with Crippen molar-refractivity contribution in [1.82, 2.24) is 14.8 Å². The van der Waals surface area contributed by atoms with E-state index in [1.54, 1.807) is 18.2 Å². The van der Waals surface area contributed by atoms with E-state index >= 15 is 0 Å². The summed E-state index contributed by atoms with van der Waals surface area (Å²) in [6.45, 7) is 0. The van der Waals surface area contributed by atoms with Crippen LogP contribution in [0.25, 0.3) is 17.1 Å². The summed E-state index contributed by atoms with van der Waals surface area (Å²) in [5, 5.41) is 5.06. The third-order valence-corrected chi connectivity index (χ3v) is 3.39. The van der Waals surface area contributed by atoms with Gasteiger partial charge in [0.25, 0.3) is 5.91 Å². The number of hydrogen-bond donors (Lipinski definition) is 1. The highest BCUT2D eigenvalue weighted by Crippen LogP contribution is 2.25.